The van der Waals surface area contributed by atoms with Gasteiger partial charge in [0.2, 0.25) is 0 Å². The average Bonchev–Trinajstić information content (AvgIpc) is 2.78. The van der Waals surface area contributed by atoms with Crippen molar-refractivity contribution in [2.75, 3.05) is 52.4 Å². The van der Waals surface area contributed by atoms with E-state index in [-0.39, 0.29) is 56.1 Å². The first kappa shape index (κ1) is 31.8. The summed E-state index contributed by atoms with van der Waals surface area (Å²) in [6.07, 6.45) is 2.58. The zero-order valence-electron chi connectivity index (χ0n) is 22.3. The van der Waals surface area contributed by atoms with E-state index in [2.05, 4.69) is 11.5 Å². The number of nitrogens with zero attached hydrogens (tertiary/aromatic N) is 4. The lowest BCUT2D eigenvalue weighted by atomic mass is 10.0. The Bertz CT molecular complexity index is 615. The summed E-state index contributed by atoms with van der Waals surface area (Å²) >= 11 is 0. The van der Waals surface area contributed by atoms with Gasteiger partial charge < -0.3 is 20.4 Å². The van der Waals surface area contributed by atoms with Gasteiger partial charge in [0.15, 0.2) is 0 Å². The molecule has 4 N–H and O–H groups in total. The Balaban J connectivity index is 3.62. The third-order valence-electron chi connectivity index (χ3n) is 7.13. The molecular formula is C25H46N4O7. The van der Waals surface area contributed by atoms with E-state index in [9.17, 15) is 34.8 Å². The van der Waals surface area contributed by atoms with Crippen LogP contribution in [-0.2, 0) is 14.4 Å². The minimum Gasteiger partial charge on any atom is -0.512 e. The Hall–Kier alpha value is -2.21. The fourth-order valence-electron chi connectivity index (χ4n) is 5.22. The lowest BCUT2D eigenvalue weighted by Gasteiger charge is -2.45. The van der Waals surface area contributed by atoms with Crippen LogP contribution >= 0.6 is 0 Å². The van der Waals surface area contributed by atoms with Crippen LogP contribution in [0.2, 0.25) is 0 Å². The number of carboxylic acids is 3. The molecule has 11 nitrogen and oxygen atoms in total. The topological polar surface area (TPSA) is 145 Å². The van der Waals surface area contributed by atoms with Gasteiger partial charge in [-0.05, 0) is 25.7 Å². The van der Waals surface area contributed by atoms with Crippen molar-refractivity contribution in [1.29, 1.82) is 0 Å². The standard InChI is InChI=1S/C25H46N4O7/c1-6-19-12-27(15-23(31)32)21(8-3)14-29(17-25(35)36)22(9-4)13-28(16-24(33)34)20(7-2)11-26(19)10-18(5)30/h19-22,30H,5-17H2,1-4H3,(H,31,32)(H,33,34)(H,35,36)/t19-,20-,21-,22?/m0/s1. The smallest absolute Gasteiger partial charge is 0.317 e. The summed E-state index contributed by atoms with van der Waals surface area (Å²) in [5.41, 5.74) is 0. The number of aliphatic hydroxyl groups excluding tert-OH is 1. The highest BCUT2D eigenvalue weighted by molar-refractivity contribution is 5.70. The van der Waals surface area contributed by atoms with E-state index in [1.165, 1.54) is 0 Å². The maximum absolute atomic E-state index is 11.8. The largest absolute Gasteiger partial charge is 0.512 e. The monoisotopic (exact) mass is 514 g/mol. The molecule has 0 aliphatic carbocycles. The normalized spacial score (nSPS) is 26.1. The fraction of sp³-hybridized carbons (Fsp3) is 0.800. The number of aliphatic carboxylic acids is 3. The van der Waals surface area contributed by atoms with Crippen LogP contribution in [0.25, 0.3) is 0 Å². The Morgan fingerprint density at radius 3 is 0.944 bits per heavy atom. The van der Waals surface area contributed by atoms with Crippen LogP contribution in [0.15, 0.2) is 12.3 Å². The molecule has 1 saturated heterocycles. The van der Waals surface area contributed by atoms with Crippen LogP contribution in [-0.4, -0.2) is 134 Å². The molecule has 1 fully saturated rings. The van der Waals surface area contributed by atoms with Gasteiger partial charge in [0.1, 0.15) is 0 Å². The molecule has 1 heterocycles. The van der Waals surface area contributed by atoms with E-state index in [0.717, 1.165) is 0 Å². The Kier molecular flexibility index (Phi) is 14.0. The first-order valence-electron chi connectivity index (χ1n) is 12.9. The van der Waals surface area contributed by atoms with Crippen LogP contribution in [0, 0.1) is 0 Å². The van der Waals surface area contributed by atoms with Crippen LogP contribution in [0.4, 0.5) is 0 Å². The van der Waals surface area contributed by atoms with E-state index in [4.69, 9.17) is 0 Å². The molecule has 11 heteroatoms. The van der Waals surface area contributed by atoms with Crippen molar-refractivity contribution < 1.29 is 34.8 Å². The van der Waals surface area contributed by atoms with Crippen LogP contribution in [0.5, 0.6) is 0 Å². The van der Waals surface area contributed by atoms with Gasteiger partial charge in [-0.1, -0.05) is 34.3 Å². The van der Waals surface area contributed by atoms with Gasteiger partial charge in [0.05, 0.1) is 31.9 Å². The number of aliphatic hydroxyl groups is 1. The SMILES string of the molecule is C=C(O)CN1C[C@H](CC)N(CC(=O)O)CC(CC)N(CC(=O)O)C[C@H](CC)N(CC(=O)O)C[C@@H]1CC. The summed E-state index contributed by atoms with van der Waals surface area (Å²) in [6, 6.07) is -0.711. The number of carbonyl (C=O) groups is 3. The predicted molar refractivity (Wildman–Crippen MR) is 137 cm³/mol. The lowest BCUT2D eigenvalue weighted by Crippen LogP contribution is -2.59. The van der Waals surface area contributed by atoms with E-state index >= 15 is 0 Å². The van der Waals surface area contributed by atoms with Crippen molar-refractivity contribution in [2.45, 2.75) is 77.5 Å². The van der Waals surface area contributed by atoms with E-state index in [1.54, 1.807) is 0 Å². The van der Waals surface area contributed by atoms with E-state index in [0.29, 0.717) is 51.9 Å². The maximum atomic E-state index is 11.8. The highest BCUT2D eigenvalue weighted by Gasteiger charge is 2.34. The molecule has 1 unspecified atom stereocenters. The second kappa shape index (κ2) is 15.8. The molecule has 1 aliphatic rings. The molecule has 0 bridgehead atoms. The zero-order chi connectivity index (χ0) is 27.4. The van der Waals surface area contributed by atoms with Gasteiger partial charge in [-0.2, -0.15) is 0 Å². The summed E-state index contributed by atoms with van der Waals surface area (Å²) in [6.45, 7) is 12.8. The highest BCUT2D eigenvalue weighted by atomic mass is 16.4. The van der Waals surface area contributed by atoms with Gasteiger partial charge >= 0.3 is 17.9 Å². The van der Waals surface area contributed by atoms with E-state index in [1.807, 2.05) is 42.4 Å². The van der Waals surface area contributed by atoms with Crippen LogP contribution < -0.4 is 0 Å². The molecule has 0 aromatic heterocycles. The third-order valence-corrected chi connectivity index (χ3v) is 7.13. The molecule has 1 aliphatic heterocycles. The predicted octanol–water partition coefficient (Wildman–Crippen LogP) is 1.65. The summed E-state index contributed by atoms with van der Waals surface area (Å²) in [5.74, 6) is -2.89. The van der Waals surface area contributed by atoms with Gasteiger partial charge in [0.25, 0.3) is 0 Å². The second-order valence-corrected chi connectivity index (χ2v) is 9.71. The van der Waals surface area contributed by atoms with Crippen molar-refractivity contribution in [3.63, 3.8) is 0 Å². The molecule has 0 radical (unpaired) electrons. The van der Waals surface area contributed by atoms with Crippen LogP contribution in [0.3, 0.4) is 0 Å². The quantitative estimate of drug-likeness (QED) is 0.282. The maximum Gasteiger partial charge on any atom is 0.317 e. The Morgan fingerprint density at radius 2 is 0.778 bits per heavy atom. The lowest BCUT2D eigenvalue weighted by molar-refractivity contribution is -0.142. The molecule has 0 aromatic rings. The summed E-state index contributed by atoms with van der Waals surface area (Å²) in [7, 11) is 0. The first-order valence-corrected chi connectivity index (χ1v) is 12.9. The van der Waals surface area contributed by atoms with Crippen molar-refractivity contribution >= 4 is 17.9 Å². The summed E-state index contributed by atoms with van der Waals surface area (Å²) in [5, 5.41) is 39.1. The minimum absolute atomic E-state index is 0.00363. The van der Waals surface area contributed by atoms with Crippen molar-refractivity contribution in [3.8, 4) is 0 Å². The van der Waals surface area contributed by atoms with Crippen molar-refractivity contribution in [3.05, 3.63) is 12.3 Å². The third kappa shape index (κ3) is 10.4. The summed E-state index contributed by atoms with van der Waals surface area (Å²) < 4.78 is 0. The van der Waals surface area contributed by atoms with Gasteiger partial charge in [-0.15, -0.1) is 0 Å². The van der Waals surface area contributed by atoms with Crippen molar-refractivity contribution in [1.82, 2.24) is 19.6 Å². The van der Waals surface area contributed by atoms with Crippen molar-refractivity contribution in [2.24, 2.45) is 0 Å². The van der Waals surface area contributed by atoms with Crippen LogP contribution in [0.1, 0.15) is 53.4 Å². The summed E-state index contributed by atoms with van der Waals surface area (Å²) in [4.78, 5) is 43.1. The number of rotatable bonds is 12. The zero-order valence-corrected chi connectivity index (χ0v) is 22.3. The number of hydrogen-bond donors (Lipinski definition) is 4. The molecule has 0 spiro atoms. The molecule has 1 rings (SSSR count). The van der Waals surface area contributed by atoms with Gasteiger partial charge in [-0.25, -0.2) is 0 Å². The molecule has 208 valence electrons. The molecule has 0 aromatic carbocycles. The first-order chi connectivity index (χ1) is 16.9. The minimum atomic E-state index is -0.976. The fourth-order valence-corrected chi connectivity index (χ4v) is 5.22. The highest BCUT2D eigenvalue weighted by Crippen LogP contribution is 2.21. The molecule has 4 atom stereocenters. The molecule has 0 saturated carbocycles. The Morgan fingerprint density at radius 1 is 0.556 bits per heavy atom. The van der Waals surface area contributed by atoms with E-state index < -0.39 is 17.9 Å². The Labute approximate surface area is 215 Å². The van der Waals surface area contributed by atoms with Gasteiger partial charge in [-0.3, -0.25) is 34.0 Å². The number of hydrogen-bond acceptors (Lipinski definition) is 8. The molecule has 36 heavy (non-hydrogen) atoms. The average molecular weight is 515 g/mol. The number of carboxylic acid groups (broad SMARTS) is 3. The molecular weight excluding hydrogens is 468 g/mol. The van der Waals surface area contributed by atoms with Gasteiger partial charge in [0, 0.05) is 50.3 Å². The molecule has 0 amide bonds. The second-order valence-electron chi connectivity index (χ2n) is 9.71.